The zero-order chi connectivity index (χ0) is 15.7. The Bertz CT molecular complexity index is 484. The van der Waals surface area contributed by atoms with Gasteiger partial charge in [0.15, 0.2) is 5.78 Å². The molecule has 0 bridgehead atoms. The van der Waals surface area contributed by atoms with Gasteiger partial charge >= 0.3 is 12.1 Å². The fourth-order valence-corrected chi connectivity index (χ4v) is 3.51. The van der Waals surface area contributed by atoms with Gasteiger partial charge in [0, 0.05) is 12.1 Å². The predicted molar refractivity (Wildman–Crippen MR) is 71.2 cm³/mol. The highest BCUT2D eigenvalue weighted by Crippen LogP contribution is 2.46. The topological polar surface area (TPSA) is 37.4 Å². The molecule has 0 aromatic heterocycles. The molecule has 116 valence electrons. The van der Waals surface area contributed by atoms with E-state index in [9.17, 15) is 22.8 Å². The fourth-order valence-electron chi connectivity index (χ4n) is 3.51. The molecule has 0 unspecified atom stereocenters. The lowest BCUT2D eigenvalue weighted by Crippen LogP contribution is -2.61. The molecule has 3 nitrogen and oxygen atoms in total. The van der Waals surface area contributed by atoms with E-state index in [0.717, 1.165) is 30.0 Å². The summed E-state index contributed by atoms with van der Waals surface area (Å²) in [6.07, 6.45) is 2.07. The van der Waals surface area contributed by atoms with E-state index in [0.29, 0.717) is 25.7 Å². The standard InChI is InChI=1S/C15H18F3NO2/c1-2-3-8-14-9-5-4-6-11(14)12(20)7-10-19(14)13(21)15(16,17)18/h2,7,10-11H,1,3-6,8-9H2/t11-,14+/m1/s1. The number of ketones is 1. The average molecular weight is 301 g/mol. The molecule has 6 heteroatoms. The van der Waals surface area contributed by atoms with Crippen LogP contribution in [-0.4, -0.2) is 28.3 Å². The zero-order valence-corrected chi connectivity index (χ0v) is 11.7. The summed E-state index contributed by atoms with van der Waals surface area (Å²) in [5.41, 5.74) is -1.05. The van der Waals surface area contributed by atoms with Crippen LogP contribution in [0.2, 0.25) is 0 Å². The number of nitrogens with zero attached hydrogens (tertiary/aromatic N) is 1. The summed E-state index contributed by atoms with van der Waals surface area (Å²) in [4.78, 5) is 24.6. The van der Waals surface area contributed by atoms with Crippen molar-refractivity contribution in [2.24, 2.45) is 5.92 Å². The molecule has 2 aliphatic rings. The van der Waals surface area contributed by atoms with E-state index in [1.54, 1.807) is 6.08 Å². The summed E-state index contributed by atoms with van der Waals surface area (Å²) in [5, 5.41) is 0. The Kier molecular flexibility index (Phi) is 4.25. The summed E-state index contributed by atoms with van der Waals surface area (Å²) < 4.78 is 38.6. The van der Waals surface area contributed by atoms with Gasteiger partial charge in [-0.25, -0.2) is 0 Å². The second-order valence-corrected chi connectivity index (χ2v) is 5.62. The highest BCUT2D eigenvalue weighted by Gasteiger charge is 2.55. The Hall–Kier alpha value is -1.59. The molecule has 0 aromatic carbocycles. The van der Waals surface area contributed by atoms with Crippen molar-refractivity contribution in [2.45, 2.75) is 50.2 Å². The molecule has 1 amide bonds. The molecular formula is C15H18F3NO2. The van der Waals surface area contributed by atoms with Crippen LogP contribution < -0.4 is 0 Å². The number of alkyl halides is 3. The lowest BCUT2D eigenvalue weighted by molar-refractivity contribution is -0.192. The number of rotatable bonds is 3. The Morgan fingerprint density at radius 1 is 1.48 bits per heavy atom. The van der Waals surface area contributed by atoms with Crippen molar-refractivity contribution in [1.29, 1.82) is 0 Å². The second-order valence-electron chi connectivity index (χ2n) is 5.62. The molecule has 1 saturated carbocycles. The highest BCUT2D eigenvalue weighted by molar-refractivity contribution is 5.96. The predicted octanol–water partition coefficient (Wildman–Crippen LogP) is 3.37. The number of halogens is 3. The maximum absolute atomic E-state index is 12.9. The van der Waals surface area contributed by atoms with E-state index in [-0.39, 0.29) is 5.78 Å². The van der Waals surface area contributed by atoms with E-state index in [1.807, 2.05) is 0 Å². The number of hydrogen-bond acceptors (Lipinski definition) is 2. The molecule has 0 radical (unpaired) electrons. The number of carbonyl (C=O) groups is 2. The van der Waals surface area contributed by atoms with E-state index < -0.39 is 23.5 Å². The van der Waals surface area contributed by atoms with E-state index in [2.05, 4.69) is 6.58 Å². The van der Waals surface area contributed by atoms with Gasteiger partial charge in [-0.05, 0) is 31.8 Å². The average Bonchev–Trinajstić information content (AvgIpc) is 2.44. The molecule has 21 heavy (non-hydrogen) atoms. The Morgan fingerprint density at radius 3 is 2.81 bits per heavy atom. The molecular weight excluding hydrogens is 283 g/mol. The first kappa shape index (κ1) is 15.8. The lowest BCUT2D eigenvalue weighted by atomic mass is 9.66. The summed E-state index contributed by atoms with van der Waals surface area (Å²) >= 11 is 0. The van der Waals surface area contributed by atoms with Crippen molar-refractivity contribution in [1.82, 2.24) is 4.90 Å². The Labute approximate surface area is 121 Å². The van der Waals surface area contributed by atoms with Gasteiger partial charge in [-0.2, -0.15) is 13.2 Å². The Balaban J connectivity index is 2.44. The van der Waals surface area contributed by atoms with Crippen molar-refractivity contribution < 1.29 is 22.8 Å². The SMILES string of the molecule is C=CCC[C@]12CCCC[C@@H]1C(=O)C=CN2C(=O)C(F)(F)F. The summed E-state index contributed by atoms with van der Waals surface area (Å²) in [7, 11) is 0. The number of amides is 1. The summed E-state index contributed by atoms with van der Waals surface area (Å²) in [6, 6.07) is 0. The van der Waals surface area contributed by atoms with E-state index >= 15 is 0 Å². The minimum atomic E-state index is -4.94. The maximum Gasteiger partial charge on any atom is 0.471 e. The minimum Gasteiger partial charge on any atom is -0.304 e. The molecule has 0 aromatic rings. The molecule has 1 fully saturated rings. The Morgan fingerprint density at radius 2 is 2.19 bits per heavy atom. The van der Waals surface area contributed by atoms with Crippen molar-refractivity contribution in [3.63, 3.8) is 0 Å². The lowest BCUT2D eigenvalue weighted by Gasteiger charge is -2.51. The largest absolute Gasteiger partial charge is 0.471 e. The minimum absolute atomic E-state index is 0.176. The van der Waals surface area contributed by atoms with Crippen molar-refractivity contribution >= 4 is 11.7 Å². The normalized spacial score (nSPS) is 29.2. The molecule has 0 N–H and O–H groups in total. The van der Waals surface area contributed by atoms with Crippen molar-refractivity contribution in [3.8, 4) is 0 Å². The molecule has 0 spiro atoms. The number of carbonyl (C=O) groups excluding carboxylic acids is 2. The van der Waals surface area contributed by atoms with Crippen molar-refractivity contribution in [2.75, 3.05) is 0 Å². The zero-order valence-electron chi connectivity index (χ0n) is 11.7. The molecule has 2 rings (SSSR count). The summed E-state index contributed by atoms with van der Waals surface area (Å²) in [5.74, 6) is -2.60. The number of fused-ring (bicyclic) bond motifs is 1. The smallest absolute Gasteiger partial charge is 0.304 e. The van der Waals surface area contributed by atoms with Crippen LogP contribution >= 0.6 is 0 Å². The van der Waals surface area contributed by atoms with Crippen LogP contribution in [0.25, 0.3) is 0 Å². The molecule has 0 saturated heterocycles. The van der Waals surface area contributed by atoms with Gasteiger partial charge in [0.05, 0.1) is 5.54 Å². The first-order valence-corrected chi connectivity index (χ1v) is 7.06. The molecule has 1 heterocycles. The van der Waals surface area contributed by atoms with Gasteiger partial charge in [-0.3, -0.25) is 9.59 Å². The molecule has 1 aliphatic carbocycles. The summed E-state index contributed by atoms with van der Waals surface area (Å²) in [6.45, 7) is 3.59. The third-order valence-corrected chi connectivity index (χ3v) is 4.45. The van der Waals surface area contributed by atoms with Gasteiger partial charge in [0.25, 0.3) is 0 Å². The number of hydrogen-bond donors (Lipinski definition) is 0. The van der Waals surface area contributed by atoms with Gasteiger partial charge in [0.2, 0.25) is 0 Å². The molecule has 1 aliphatic heterocycles. The highest BCUT2D eigenvalue weighted by atomic mass is 19.4. The van der Waals surface area contributed by atoms with Gasteiger partial charge in [-0.15, -0.1) is 6.58 Å². The van der Waals surface area contributed by atoms with Crippen LogP contribution in [0, 0.1) is 5.92 Å². The quantitative estimate of drug-likeness (QED) is 0.750. The van der Waals surface area contributed by atoms with Gasteiger partial charge in [-0.1, -0.05) is 18.9 Å². The third-order valence-electron chi connectivity index (χ3n) is 4.45. The fraction of sp³-hybridized carbons (Fsp3) is 0.600. The first-order valence-electron chi connectivity index (χ1n) is 7.06. The van der Waals surface area contributed by atoms with E-state index in [4.69, 9.17) is 0 Å². The van der Waals surface area contributed by atoms with Gasteiger partial charge in [0.1, 0.15) is 0 Å². The van der Waals surface area contributed by atoms with Crippen LogP contribution in [0.5, 0.6) is 0 Å². The maximum atomic E-state index is 12.9. The second kappa shape index (κ2) is 5.66. The van der Waals surface area contributed by atoms with Crippen LogP contribution in [0.1, 0.15) is 38.5 Å². The van der Waals surface area contributed by atoms with Crippen LogP contribution in [0.4, 0.5) is 13.2 Å². The van der Waals surface area contributed by atoms with Crippen molar-refractivity contribution in [3.05, 3.63) is 24.9 Å². The van der Waals surface area contributed by atoms with Crippen LogP contribution in [-0.2, 0) is 9.59 Å². The molecule has 2 atom stereocenters. The van der Waals surface area contributed by atoms with Crippen LogP contribution in [0.3, 0.4) is 0 Å². The monoisotopic (exact) mass is 301 g/mol. The third kappa shape index (κ3) is 2.76. The van der Waals surface area contributed by atoms with E-state index in [1.165, 1.54) is 0 Å². The van der Waals surface area contributed by atoms with Crippen LogP contribution in [0.15, 0.2) is 24.9 Å². The number of allylic oxidation sites excluding steroid dienone is 2. The van der Waals surface area contributed by atoms with Gasteiger partial charge < -0.3 is 4.90 Å². The first-order chi connectivity index (χ1) is 9.83.